The highest BCUT2D eigenvalue weighted by atomic mass is 19.4. The van der Waals surface area contributed by atoms with Crippen LogP contribution in [0.2, 0.25) is 0 Å². The summed E-state index contributed by atoms with van der Waals surface area (Å²) in [6, 6.07) is 5.21. The van der Waals surface area contributed by atoms with E-state index in [1.807, 2.05) is 0 Å². The number of halogens is 3. The molecule has 0 aliphatic heterocycles. The molecule has 3 N–H and O–H groups in total. The molecule has 0 bridgehead atoms. The molecule has 0 aromatic carbocycles. The molecule has 19 heavy (non-hydrogen) atoms. The first kappa shape index (κ1) is 13.3. The van der Waals surface area contributed by atoms with Crippen LogP contribution in [-0.2, 0) is 12.7 Å². The number of rotatable bonds is 3. The van der Waals surface area contributed by atoms with E-state index < -0.39 is 11.7 Å². The van der Waals surface area contributed by atoms with Gasteiger partial charge in [0, 0.05) is 0 Å². The van der Waals surface area contributed by atoms with Crippen molar-refractivity contribution >= 4 is 11.6 Å². The van der Waals surface area contributed by atoms with Crippen molar-refractivity contribution < 1.29 is 17.6 Å². The van der Waals surface area contributed by atoms with E-state index >= 15 is 0 Å². The van der Waals surface area contributed by atoms with Gasteiger partial charge in [-0.2, -0.15) is 13.2 Å². The van der Waals surface area contributed by atoms with Crippen LogP contribution < -0.4 is 11.1 Å². The zero-order valence-electron chi connectivity index (χ0n) is 10.1. The Morgan fingerprint density at radius 1 is 1.32 bits per heavy atom. The Hall–Kier alpha value is -2.18. The lowest BCUT2D eigenvalue weighted by atomic mass is 10.2. The molecule has 0 aliphatic rings. The molecule has 0 atom stereocenters. The topological polar surface area (TPSA) is 64.1 Å². The minimum absolute atomic E-state index is 0.0568. The normalized spacial score (nSPS) is 11.6. The second-order valence-electron chi connectivity index (χ2n) is 4.03. The molecule has 0 saturated carbocycles. The van der Waals surface area contributed by atoms with Gasteiger partial charge in [0.1, 0.15) is 23.2 Å². The quantitative estimate of drug-likeness (QED) is 0.899. The largest absolute Gasteiger partial charge is 0.465 e. The molecule has 4 nitrogen and oxygen atoms in total. The maximum atomic E-state index is 12.6. The SMILES string of the molecule is Cc1ccc(CNc2cc(C(F)(F)F)cc(N)n2)o1. The predicted molar refractivity (Wildman–Crippen MR) is 64.4 cm³/mol. The summed E-state index contributed by atoms with van der Waals surface area (Å²) in [6.45, 7) is 2.02. The Bertz CT molecular complexity index is 578. The molecule has 2 heterocycles. The van der Waals surface area contributed by atoms with E-state index in [0.29, 0.717) is 5.76 Å². The van der Waals surface area contributed by atoms with Gasteiger partial charge in [-0.3, -0.25) is 0 Å². The van der Waals surface area contributed by atoms with Crippen molar-refractivity contribution in [2.45, 2.75) is 19.6 Å². The fourth-order valence-corrected chi connectivity index (χ4v) is 1.56. The van der Waals surface area contributed by atoms with Crippen molar-refractivity contribution in [3.8, 4) is 0 Å². The molecule has 0 spiro atoms. The van der Waals surface area contributed by atoms with Crippen LogP contribution in [0.1, 0.15) is 17.1 Å². The summed E-state index contributed by atoms with van der Waals surface area (Å²) in [5.74, 6) is 1.21. The number of hydrogen-bond acceptors (Lipinski definition) is 4. The molecule has 0 fully saturated rings. The standard InChI is InChI=1S/C12H12F3N3O/c1-7-2-3-9(19-7)6-17-11-5-8(12(13,14)15)4-10(16)18-11/h2-5H,6H2,1H3,(H3,16,17,18). The lowest BCUT2D eigenvalue weighted by Gasteiger charge is -2.10. The van der Waals surface area contributed by atoms with E-state index in [1.165, 1.54) is 0 Å². The number of anilines is 2. The number of alkyl halides is 3. The highest BCUT2D eigenvalue weighted by molar-refractivity contribution is 5.47. The Kier molecular flexibility index (Phi) is 3.37. The molecule has 0 saturated heterocycles. The lowest BCUT2D eigenvalue weighted by Crippen LogP contribution is -2.09. The van der Waals surface area contributed by atoms with E-state index in [1.54, 1.807) is 19.1 Å². The number of aryl methyl sites for hydroxylation is 1. The van der Waals surface area contributed by atoms with E-state index in [2.05, 4.69) is 10.3 Å². The van der Waals surface area contributed by atoms with Crippen LogP contribution in [0, 0.1) is 6.92 Å². The molecule has 0 amide bonds. The van der Waals surface area contributed by atoms with Crippen LogP contribution in [0.15, 0.2) is 28.7 Å². The first-order chi connectivity index (χ1) is 8.84. The lowest BCUT2D eigenvalue weighted by molar-refractivity contribution is -0.137. The van der Waals surface area contributed by atoms with E-state index in [-0.39, 0.29) is 18.2 Å². The summed E-state index contributed by atoms with van der Waals surface area (Å²) in [7, 11) is 0. The third-order valence-corrected chi connectivity index (χ3v) is 2.41. The molecular weight excluding hydrogens is 259 g/mol. The summed E-state index contributed by atoms with van der Waals surface area (Å²) >= 11 is 0. The Morgan fingerprint density at radius 2 is 2.05 bits per heavy atom. The maximum absolute atomic E-state index is 12.6. The summed E-state index contributed by atoms with van der Waals surface area (Å²) in [5.41, 5.74) is 4.52. The summed E-state index contributed by atoms with van der Waals surface area (Å²) in [4.78, 5) is 3.79. The zero-order valence-corrected chi connectivity index (χ0v) is 10.1. The summed E-state index contributed by atoms with van der Waals surface area (Å²) < 4.78 is 43.0. The second kappa shape index (κ2) is 4.83. The maximum Gasteiger partial charge on any atom is 0.416 e. The molecule has 0 unspecified atom stereocenters. The number of hydrogen-bond donors (Lipinski definition) is 2. The van der Waals surface area contributed by atoms with Crippen molar-refractivity contribution in [2.75, 3.05) is 11.1 Å². The fraction of sp³-hybridized carbons (Fsp3) is 0.250. The molecule has 0 radical (unpaired) electrons. The summed E-state index contributed by atoms with van der Waals surface area (Å²) in [6.07, 6.45) is -4.45. The number of nitrogens with zero attached hydrogens (tertiary/aromatic N) is 1. The third-order valence-electron chi connectivity index (χ3n) is 2.41. The monoisotopic (exact) mass is 271 g/mol. The van der Waals surface area contributed by atoms with Gasteiger partial charge in [-0.25, -0.2) is 4.98 Å². The highest BCUT2D eigenvalue weighted by Crippen LogP contribution is 2.31. The molecular formula is C12H12F3N3O. The minimum atomic E-state index is -4.45. The average Bonchev–Trinajstić information content (AvgIpc) is 2.71. The number of furan rings is 1. The average molecular weight is 271 g/mol. The molecule has 102 valence electrons. The van der Waals surface area contributed by atoms with Gasteiger partial charge in [0.25, 0.3) is 0 Å². The molecule has 2 aromatic rings. The van der Waals surface area contributed by atoms with Crippen molar-refractivity contribution in [2.24, 2.45) is 0 Å². The van der Waals surface area contributed by atoms with Crippen LogP contribution in [0.25, 0.3) is 0 Å². The van der Waals surface area contributed by atoms with Gasteiger partial charge in [-0.15, -0.1) is 0 Å². The van der Waals surface area contributed by atoms with Crippen LogP contribution in [0.4, 0.5) is 24.8 Å². The number of nitrogen functional groups attached to an aromatic ring is 1. The van der Waals surface area contributed by atoms with Crippen molar-refractivity contribution in [1.82, 2.24) is 4.98 Å². The van der Waals surface area contributed by atoms with Crippen LogP contribution in [0.3, 0.4) is 0 Å². The predicted octanol–water partition coefficient (Wildman–Crippen LogP) is 3.20. The summed E-state index contributed by atoms with van der Waals surface area (Å²) in [5, 5.41) is 2.74. The van der Waals surface area contributed by atoms with Crippen molar-refractivity contribution in [3.05, 3.63) is 41.3 Å². The number of nitrogens with one attached hydrogen (secondary N) is 1. The first-order valence-corrected chi connectivity index (χ1v) is 5.48. The number of aromatic nitrogens is 1. The Labute approximate surface area is 107 Å². The Balaban J connectivity index is 2.14. The molecule has 2 aromatic heterocycles. The minimum Gasteiger partial charge on any atom is -0.465 e. The zero-order chi connectivity index (χ0) is 14.0. The van der Waals surface area contributed by atoms with Gasteiger partial charge in [-0.1, -0.05) is 0 Å². The third kappa shape index (κ3) is 3.40. The van der Waals surface area contributed by atoms with Crippen LogP contribution in [-0.4, -0.2) is 4.98 Å². The van der Waals surface area contributed by atoms with Crippen molar-refractivity contribution in [3.63, 3.8) is 0 Å². The molecule has 0 aliphatic carbocycles. The molecule has 2 rings (SSSR count). The van der Waals surface area contributed by atoms with Gasteiger partial charge in [0.05, 0.1) is 12.1 Å². The van der Waals surface area contributed by atoms with Gasteiger partial charge in [0.15, 0.2) is 0 Å². The molecule has 7 heteroatoms. The van der Waals surface area contributed by atoms with Crippen LogP contribution >= 0.6 is 0 Å². The van der Waals surface area contributed by atoms with Gasteiger partial charge in [0.2, 0.25) is 0 Å². The van der Waals surface area contributed by atoms with Gasteiger partial charge < -0.3 is 15.5 Å². The van der Waals surface area contributed by atoms with E-state index in [4.69, 9.17) is 10.2 Å². The number of nitrogens with two attached hydrogens (primary N) is 1. The van der Waals surface area contributed by atoms with E-state index in [9.17, 15) is 13.2 Å². The van der Waals surface area contributed by atoms with Crippen molar-refractivity contribution in [1.29, 1.82) is 0 Å². The number of pyridine rings is 1. The van der Waals surface area contributed by atoms with Gasteiger partial charge in [-0.05, 0) is 31.2 Å². The Morgan fingerprint density at radius 3 is 2.63 bits per heavy atom. The van der Waals surface area contributed by atoms with Gasteiger partial charge >= 0.3 is 6.18 Å². The van der Waals surface area contributed by atoms with Crippen LogP contribution in [0.5, 0.6) is 0 Å². The second-order valence-corrected chi connectivity index (χ2v) is 4.03. The smallest absolute Gasteiger partial charge is 0.416 e. The fourth-order valence-electron chi connectivity index (χ4n) is 1.56. The highest BCUT2D eigenvalue weighted by Gasteiger charge is 2.31. The first-order valence-electron chi connectivity index (χ1n) is 5.48. The van der Waals surface area contributed by atoms with E-state index in [0.717, 1.165) is 17.9 Å².